The van der Waals surface area contributed by atoms with Crippen molar-refractivity contribution in [3.05, 3.63) is 35.0 Å². The molecule has 2 atom stereocenters. The summed E-state index contributed by atoms with van der Waals surface area (Å²) in [5, 5.41) is 13.5. The van der Waals surface area contributed by atoms with Crippen molar-refractivity contribution < 1.29 is 9.59 Å². The topological polar surface area (TPSA) is 92.2 Å². The minimum absolute atomic E-state index is 0.0982. The van der Waals surface area contributed by atoms with Gasteiger partial charge in [0.05, 0.1) is 6.07 Å². The highest BCUT2D eigenvalue weighted by Gasteiger charge is 2.47. The van der Waals surface area contributed by atoms with Crippen LogP contribution in [-0.2, 0) is 29.1 Å². The minimum Gasteiger partial charge on any atom is -0.358 e. The van der Waals surface area contributed by atoms with Gasteiger partial charge in [-0.25, -0.2) is 0 Å². The van der Waals surface area contributed by atoms with E-state index in [1.54, 1.807) is 0 Å². The average molecular weight is 448 g/mol. The van der Waals surface area contributed by atoms with Gasteiger partial charge in [-0.3, -0.25) is 9.59 Å². The van der Waals surface area contributed by atoms with E-state index in [1.165, 1.54) is 22.2 Å². The second kappa shape index (κ2) is 8.49. The molecule has 33 heavy (non-hydrogen) atoms. The Balaban J connectivity index is 1.35. The van der Waals surface area contributed by atoms with Crippen LogP contribution in [0.1, 0.15) is 55.3 Å². The first kappa shape index (κ1) is 22.0. The first-order valence-corrected chi connectivity index (χ1v) is 12.2. The molecule has 0 bridgehead atoms. The molecule has 0 saturated heterocycles. The van der Waals surface area contributed by atoms with Crippen LogP contribution in [0.15, 0.2) is 18.2 Å². The summed E-state index contributed by atoms with van der Waals surface area (Å²) in [6.45, 7) is 2.14. The summed E-state index contributed by atoms with van der Waals surface area (Å²) < 4.78 is 0. The van der Waals surface area contributed by atoms with Gasteiger partial charge in [0.15, 0.2) is 0 Å². The van der Waals surface area contributed by atoms with Gasteiger partial charge in [-0.05, 0) is 57.5 Å². The Morgan fingerprint density at radius 1 is 1.24 bits per heavy atom. The molecule has 3 aliphatic rings. The van der Waals surface area contributed by atoms with Crippen LogP contribution < -0.4 is 5.32 Å². The van der Waals surface area contributed by atoms with Crippen LogP contribution in [0.2, 0.25) is 0 Å². The van der Waals surface area contributed by atoms with Crippen molar-refractivity contribution in [1.82, 2.24) is 20.1 Å². The molecule has 1 aromatic heterocycles. The lowest BCUT2D eigenvalue weighted by atomic mass is 9.77. The maximum atomic E-state index is 13.7. The van der Waals surface area contributed by atoms with Gasteiger partial charge in [0.25, 0.3) is 0 Å². The average Bonchev–Trinajstić information content (AvgIpc) is 3.50. The third-order valence-corrected chi connectivity index (χ3v) is 7.60. The van der Waals surface area contributed by atoms with Gasteiger partial charge in [0.1, 0.15) is 5.54 Å². The zero-order valence-electron chi connectivity index (χ0n) is 19.6. The highest BCUT2D eigenvalue weighted by atomic mass is 16.2. The van der Waals surface area contributed by atoms with E-state index in [-0.39, 0.29) is 23.7 Å². The van der Waals surface area contributed by atoms with Gasteiger partial charge < -0.3 is 20.1 Å². The van der Waals surface area contributed by atoms with E-state index in [9.17, 15) is 14.9 Å². The Morgan fingerprint density at radius 3 is 2.70 bits per heavy atom. The number of carbonyl (C=O) groups excluding carboxylic acids is 2. The van der Waals surface area contributed by atoms with Gasteiger partial charge in [0, 0.05) is 60.1 Å². The summed E-state index contributed by atoms with van der Waals surface area (Å²) in [5.74, 6) is -0.622. The number of fused-ring (bicyclic) bond motifs is 3. The molecule has 1 aliphatic heterocycles. The Kier molecular flexibility index (Phi) is 5.65. The Bertz CT molecular complexity index is 1120. The van der Waals surface area contributed by atoms with E-state index < -0.39 is 5.54 Å². The smallest absolute Gasteiger partial charge is 0.226 e. The second-order valence-corrected chi connectivity index (χ2v) is 10.4. The number of nitriles is 1. The number of aromatic amines is 1. The van der Waals surface area contributed by atoms with E-state index in [1.807, 2.05) is 4.90 Å². The number of benzene rings is 1. The number of aromatic nitrogens is 1. The number of rotatable bonds is 5. The lowest BCUT2D eigenvalue weighted by Crippen LogP contribution is -2.48. The Labute approximate surface area is 195 Å². The van der Waals surface area contributed by atoms with Crippen LogP contribution in [0.3, 0.4) is 0 Å². The number of hydrogen-bond acceptors (Lipinski definition) is 4. The summed E-state index contributed by atoms with van der Waals surface area (Å²) in [7, 11) is 4.13. The fourth-order valence-electron chi connectivity index (χ4n) is 5.61. The Morgan fingerprint density at radius 2 is 2.00 bits per heavy atom. The lowest BCUT2D eigenvalue weighted by molar-refractivity contribution is -0.144. The second-order valence-electron chi connectivity index (χ2n) is 10.4. The minimum atomic E-state index is -0.684. The number of H-pyrrole nitrogens is 1. The number of nitrogens with zero attached hydrogens (tertiary/aromatic N) is 3. The fourth-order valence-corrected chi connectivity index (χ4v) is 5.61. The SMILES string of the molecule is CN(C)Cc1ccc2[nH]c3c(c2c1)CN(C(=O)[C@@H]1CCCC[C@H]1C(=O)NC1(C#N)CC1)CC3. The molecule has 0 radical (unpaired) electrons. The monoisotopic (exact) mass is 447 g/mol. The van der Waals surface area contributed by atoms with E-state index in [4.69, 9.17) is 0 Å². The molecule has 7 heteroatoms. The van der Waals surface area contributed by atoms with Crippen molar-refractivity contribution in [3.8, 4) is 6.07 Å². The maximum Gasteiger partial charge on any atom is 0.226 e. The number of carbonyl (C=O) groups is 2. The fraction of sp³-hybridized carbons (Fsp3) is 0.577. The van der Waals surface area contributed by atoms with Gasteiger partial charge >= 0.3 is 0 Å². The van der Waals surface area contributed by atoms with Crippen LogP contribution in [0.25, 0.3) is 10.9 Å². The molecule has 5 rings (SSSR count). The zero-order valence-corrected chi connectivity index (χ0v) is 19.6. The van der Waals surface area contributed by atoms with Crippen molar-refractivity contribution in [2.45, 2.75) is 63.6 Å². The maximum absolute atomic E-state index is 13.7. The van der Waals surface area contributed by atoms with E-state index >= 15 is 0 Å². The van der Waals surface area contributed by atoms with Crippen LogP contribution in [0.5, 0.6) is 0 Å². The van der Waals surface area contributed by atoms with Crippen molar-refractivity contribution >= 4 is 22.7 Å². The summed E-state index contributed by atoms with van der Waals surface area (Å²) in [5.41, 5.74) is 4.13. The molecular formula is C26H33N5O2. The third kappa shape index (κ3) is 4.24. The summed E-state index contributed by atoms with van der Waals surface area (Å²) in [6.07, 6.45) is 5.65. The lowest BCUT2D eigenvalue weighted by Gasteiger charge is -2.36. The molecule has 2 N–H and O–H groups in total. The predicted octanol–water partition coefficient (Wildman–Crippen LogP) is 3.09. The van der Waals surface area contributed by atoms with Crippen molar-refractivity contribution in [3.63, 3.8) is 0 Å². The molecule has 2 aliphatic carbocycles. The molecule has 2 amide bonds. The molecule has 7 nitrogen and oxygen atoms in total. The summed E-state index contributed by atoms with van der Waals surface area (Å²) >= 11 is 0. The number of hydrogen-bond donors (Lipinski definition) is 2. The van der Waals surface area contributed by atoms with E-state index in [0.717, 1.165) is 44.2 Å². The molecule has 2 aromatic rings. The van der Waals surface area contributed by atoms with Crippen molar-refractivity contribution in [2.75, 3.05) is 20.6 Å². The van der Waals surface area contributed by atoms with Gasteiger partial charge in [-0.2, -0.15) is 5.26 Å². The van der Waals surface area contributed by atoms with E-state index in [0.29, 0.717) is 25.9 Å². The van der Waals surface area contributed by atoms with Crippen LogP contribution >= 0.6 is 0 Å². The third-order valence-electron chi connectivity index (χ3n) is 7.60. The molecular weight excluding hydrogens is 414 g/mol. The first-order chi connectivity index (χ1) is 15.9. The molecule has 0 unspecified atom stereocenters. The van der Waals surface area contributed by atoms with Crippen molar-refractivity contribution in [1.29, 1.82) is 5.26 Å². The Hall–Kier alpha value is -2.85. The van der Waals surface area contributed by atoms with Gasteiger partial charge in [-0.15, -0.1) is 0 Å². The molecule has 2 saturated carbocycles. The summed E-state index contributed by atoms with van der Waals surface area (Å²) in [6, 6.07) is 8.78. The molecule has 0 spiro atoms. The number of nitrogens with one attached hydrogen (secondary N) is 2. The van der Waals surface area contributed by atoms with Gasteiger partial charge in [-0.1, -0.05) is 18.9 Å². The largest absolute Gasteiger partial charge is 0.358 e. The number of amides is 2. The zero-order chi connectivity index (χ0) is 23.2. The van der Waals surface area contributed by atoms with Crippen LogP contribution in [0.4, 0.5) is 0 Å². The normalized spacial score (nSPS) is 23.8. The summed E-state index contributed by atoms with van der Waals surface area (Å²) in [4.78, 5) is 34.4. The standard InChI is InChI=1S/C26H33N5O2/c1-30(2)14-17-7-8-22-20(13-17)21-15-31(12-9-23(21)28-22)25(33)19-6-4-3-5-18(19)24(32)29-26(16-27)10-11-26/h7-8,13,18-19,28H,3-6,9-12,14-15H2,1-2H3,(H,29,32)/t18-,19-/m1/s1. The molecule has 2 fully saturated rings. The molecule has 174 valence electrons. The molecule has 2 heterocycles. The van der Waals surface area contributed by atoms with Crippen molar-refractivity contribution in [2.24, 2.45) is 11.8 Å². The molecule has 1 aromatic carbocycles. The highest BCUT2D eigenvalue weighted by molar-refractivity contribution is 5.90. The van der Waals surface area contributed by atoms with Crippen LogP contribution in [0, 0.1) is 23.2 Å². The predicted molar refractivity (Wildman–Crippen MR) is 126 cm³/mol. The quantitative estimate of drug-likeness (QED) is 0.737. The first-order valence-electron chi connectivity index (χ1n) is 12.2. The van der Waals surface area contributed by atoms with E-state index in [2.05, 4.69) is 53.6 Å². The highest BCUT2D eigenvalue weighted by Crippen LogP contribution is 2.38. The van der Waals surface area contributed by atoms with Crippen LogP contribution in [-0.4, -0.2) is 52.8 Å². The van der Waals surface area contributed by atoms with Gasteiger partial charge in [0.2, 0.25) is 11.8 Å².